The Balaban J connectivity index is 2.01. The average Bonchev–Trinajstić information content (AvgIpc) is 2.74. The number of aryl methyl sites for hydroxylation is 1. The number of rotatable bonds is 5. The van der Waals surface area contributed by atoms with Gasteiger partial charge in [0.1, 0.15) is 6.33 Å². The summed E-state index contributed by atoms with van der Waals surface area (Å²) in [6.45, 7) is 3.81. The monoisotopic (exact) mass is 250 g/mol. The molecule has 0 saturated carbocycles. The van der Waals surface area contributed by atoms with Crippen LogP contribution in [-0.2, 0) is 13.6 Å². The quantitative estimate of drug-likeness (QED) is 0.794. The van der Waals surface area contributed by atoms with E-state index >= 15 is 0 Å². The van der Waals surface area contributed by atoms with Gasteiger partial charge in [0.05, 0.1) is 0 Å². The van der Waals surface area contributed by atoms with Gasteiger partial charge in [0.15, 0.2) is 10.3 Å². The molecule has 1 N–H and O–H groups in total. The van der Waals surface area contributed by atoms with Gasteiger partial charge in [0.25, 0.3) is 0 Å². The zero-order valence-corrected chi connectivity index (χ0v) is 10.6. The second-order valence-electron chi connectivity index (χ2n) is 3.42. The van der Waals surface area contributed by atoms with Gasteiger partial charge in [-0.3, -0.25) is 0 Å². The van der Waals surface area contributed by atoms with E-state index in [4.69, 9.17) is 0 Å². The van der Waals surface area contributed by atoms with Crippen LogP contribution in [0.1, 0.15) is 12.5 Å². The van der Waals surface area contributed by atoms with E-state index in [2.05, 4.69) is 32.3 Å². The fourth-order valence-electron chi connectivity index (χ4n) is 1.22. The Morgan fingerprint density at radius 1 is 1.29 bits per heavy atom. The van der Waals surface area contributed by atoms with E-state index in [1.54, 1.807) is 4.68 Å². The minimum Gasteiger partial charge on any atom is -0.313 e. The summed E-state index contributed by atoms with van der Waals surface area (Å²) < 4.78 is 1.70. The van der Waals surface area contributed by atoms with Crippen LogP contribution in [0.2, 0.25) is 0 Å². The standard InChI is InChI=1S/C10H14N6S/c1-3-11-4-8-5-12-9(13-6-8)17-10-14-7-15-16(10)2/h5-7,11H,3-4H2,1-2H3. The number of hydrogen-bond donors (Lipinski definition) is 1. The normalized spacial score (nSPS) is 10.7. The molecule has 2 aromatic heterocycles. The van der Waals surface area contributed by atoms with E-state index in [1.807, 2.05) is 19.4 Å². The number of hydrogen-bond acceptors (Lipinski definition) is 6. The summed E-state index contributed by atoms with van der Waals surface area (Å²) in [5.41, 5.74) is 1.08. The molecular formula is C10H14N6S. The highest BCUT2D eigenvalue weighted by Gasteiger charge is 2.05. The largest absolute Gasteiger partial charge is 0.313 e. The highest BCUT2D eigenvalue weighted by molar-refractivity contribution is 7.99. The van der Waals surface area contributed by atoms with Crippen LogP contribution < -0.4 is 5.32 Å². The summed E-state index contributed by atoms with van der Waals surface area (Å²) in [7, 11) is 1.84. The SMILES string of the molecule is CCNCc1cnc(Sc2ncnn2C)nc1. The predicted octanol–water partition coefficient (Wildman–Crippen LogP) is 0.866. The van der Waals surface area contributed by atoms with Crippen LogP contribution in [0.15, 0.2) is 29.0 Å². The lowest BCUT2D eigenvalue weighted by Gasteiger charge is -2.02. The van der Waals surface area contributed by atoms with Crippen molar-refractivity contribution in [1.29, 1.82) is 0 Å². The van der Waals surface area contributed by atoms with Crippen LogP contribution >= 0.6 is 11.8 Å². The number of aromatic nitrogens is 5. The third-order valence-corrected chi connectivity index (χ3v) is 3.06. The van der Waals surface area contributed by atoms with Gasteiger partial charge < -0.3 is 5.32 Å². The van der Waals surface area contributed by atoms with Crippen LogP contribution in [0.4, 0.5) is 0 Å². The zero-order valence-electron chi connectivity index (χ0n) is 9.79. The van der Waals surface area contributed by atoms with Crippen molar-refractivity contribution in [2.45, 2.75) is 23.8 Å². The fraction of sp³-hybridized carbons (Fsp3) is 0.400. The van der Waals surface area contributed by atoms with Gasteiger partial charge in [-0.15, -0.1) is 0 Å². The summed E-state index contributed by atoms with van der Waals surface area (Å²) in [6, 6.07) is 0. The molecule has 6 nitrogen and oxygen atoms in total. The van der Waals surface area contributed by atoms with Gasteiger partial charge in [0, 0.05) is 31.5 Å². The molecule has 0 unspecified atom stereocenters. The van der Waals surface area contributed by atoms with E-state index in [0.29, 0.717) is 5.16 Å². The Hall–Kier alpha value is -1.47. The molecule has 7 heteroatoms. The summed E-state index contributed by atoms with van der Waals surface area (Å²) in [5, 5.41) is 8.68. The molecule has 0 spiro atoms. The fourth-order valence-corrected chi connectivity index (χ4v) is 1.87. The Morgan fingerprint density at radius 3 is 2.65 bits per heavy atom. The first kappa shape index (κ1) is 12.0. The van der Waals surface area contributed by atoms with E-state index < -0.39 is 0 Å². The first-order valence-electron chi connectivity index (χ1n) is 5.33. The van der Waals surface area contributed by atoms with Crippen LogP contribution in [-0.4, -0.2) is 31.3 Å². The second-order valence-corrected chi connectivity index (χ2v) is 4.36. The molecule has 90 valence electrons. The van der Waals surface area contributed by atoms with Crippen LogP contribution in [0.3, 0.4) is 0 Å². The summed E-state index contributed by atoms with van der Waals surface area (Å²) in [6.07, 6.45) is 5.17. The number of nitrogens with zero attached hydrogens (tertiary/aromatic N) is 5. The lowest BCUT2D eigenvalue weighted by molar-refractivity contribution is 0.682. The third kappa shape index (κ3) is 3.24. The van der Waals surface area contributed by atoms with Crippen LogP contribution in [0.5, 0.6) is 0 Å². The van der Waals surface area contributed by atoms with Crippen LogP contribution in [0.25, 0.3) is 0 Å². The molecule has 0 saturated heterocycles. The first-order chi connectivity index (χ1) is 8.29. The lowest BCUT2D eigenvalue weighted by Crippen LogP contribution is -2.12. The molecule has 0 bridgehead atoms. The molecule has 2 heterocycles. The molecule has 17 heavy (non-hydrogen) atoms. The highest BCUT2D eigenvalue weighted by Crippen LogP contribution is 2.20. The summed E-state index contributed by atoms with van der Waals surface area (Å²) in [4.78, 5) is 12.7. The third-order valence-electron chi connectivity index (χ3n) is 2.11. The molecule has 0 aliphatic heterocycles. The van der Waals surface area contributed by atoms with Crippen molar-refractivity contribution in [3.63, 3.8) is 0 Å². The van der Waals surface area contributed by atoms with Crippen molar-refractivity contribution in [1.82, 2.24) is 30.0 Å². The van der Waals surface area contributed by atoms with E-state index in [-0.39, 0.29) is 0 Å². The van der Waals surface area contributed by atoms with E-state index in [0.717, 1.165) is 23.8 Å². The van der Waals surface area contributed by atoms with Crippen molar-refractivity contribution in [3.05, 3.63) is 24.3 Å². The Morgan fingerprint density at radius 2 is 2.06 bits per heavy atom. The topological polar surface area (TPSA) is 68.5 Å². The summed E-state index contributed by atoms with van der Waals surface area (Å²) in [5.74, 6) is 0. The number of nitrogens with one attached hydrogen (secondary N) is 1. The van der Waals surface area contributed by atoms with Gasteiger partial charge in [-0.2, -0.15) is 5.10 Å². The van der Waals surface area contributed by atoms with Crippen molar-refractivity contribution >= 4 is 11.8 Å². The molecule has 0 radical (unpaired) electrons. The first-order valence-corrected chi connectivity index (χ1v) is 6.14. The Bertz CT molecular complexity index is 466. The molecule has 0 aliphatic carbocycles. The maximum atomic E-state index is 4.28. The minimum atomic E-state index is 0.682. The van der Waals surface area contributed by atoms with E-state index in [9.17, 15) is 0 Å². The van der Waals surface area contributed by atoms with Crippen molar-refractivity contribution < 1.29 is 0 Å². The molecule has 0 aromatic carbocycles. The maximum absolute atomic E-state index is 4.28. The molecular weight excluding hydrogens is 236 g/mol. The zero-order chi connectivity index (χ0) is 12.1. The second kappa shape index (κ2) is 5.74. The molecule has 0 aliphatic rings. The van der Waals surface area contributed by atoms with Crippen molar-refractivity contribution in [2.75, 3.05) is 6.54 Å². The molecule has 2 rings (SSSR count). The van der Waals surface area contributed by atoms with Gasteiger partial charge in [-0.25, -0.2) is 19.6 Å². The minimum absolute atomic E-state index is 0.682. The van der Waals surface area contributed by atoms with Crippen molar-refractivity contribution in [2.24, 2.45) is 7.05 Å². The molecule has 2 aromatic rings. The predicted molar refractivity (Wildman–Crippen MR) is 64.5 cm³/mol. The van der Waals surface area contributed by atoms with Gasteiger partial charge in [0.2, 0.25) is 0 Å². The lowest BCUT2D eigenvalue weighted by atomic mass is 10.3. The van der Waals surface area contributed by atoms with E-state index in [1.165, 1.54) is 18.1 Å². The molecule has 0 fully saturated rings. The maximum Gasteiger partial charge on any atom is 0.195 e. The Labute approximate surface area is 104 Å². The van der Waals surface area contributed by atoms with Crippen LogP contribution in [0, 0.1) is 0 Å². The highest BCUT2D eigenvalue weighted by atomic mass is 32.2. The van der Waals surface area contributed by atoms with Gasteiger partial charge in [-0.05, 0) is 18.3 Å². The average molecular weight is 250 g/mol. The Kier molecular flexibility index (Phi) is 4.05. The van der Waals surface area contributed by atoms with Crippen molar-refractivity contribution in [3.8, 4) is 0 Å². The smallest absolute Gasteiger partial charge is 0.195 e. The van der Waals surface area contributed by atoms with Gasteiger partial charge in [-0.1, -0.05) is 6.92 Å². The van der Waals surface area contributed by atoms with Gasteiger partial charge >= 0.3 is 0 Å². The molecule has 0 atom stereocenters. The molecule has 0 amide bonds. The summed E-state index contributed by atoms with van der Waals surface area (Å²) >= 11 is 1.40.